The van der Waals surface area contributed by atoms with Crippen molar-refractivity contribution >= 4 is 5.91 Å². The van der Waals surface area contributed by atoms with Gasteiger partial charge in [-0.3, -0.25) is 4.79 Å². The molecule has 0 saturated carbocycles. The summed E-state index contributed by atoms with van der Waals surface area (Å²) in [5.41, 5.74) is 4.80. The monoisotopic (exact) mass is 135 g/mol. The summed E-state index contributed by atoms with van der Waals surface area (Å²) in [5.74, 6) is -1.13. The average Bonchev–Trinajstić information content (AvgIpc) is 1.69. The van der Waals surface area contributed by atoms with Crippen LogP contribution in [0.5, 0.6) is 0 Å². The Labute approximate surface area is 76.5 Å². The molecule has 0 aliphatic rings. The van der Waals surface area contributed by atoms with Crippen LogP contribution in [0.25, 0.3) is 0 Å². The van der Waals surface area contributed by atoms with Crippen LogP contribution in [0, 0.1) is 17.2 Å². The zero-order valence-electron chi connectivity index (χ0n) is 5.72. The third-order valence-corrected chi connectivity index (χ3v) is 0.908. The predicted octanol–water partition coefficient (Wildman–Crippen LogP) is -2.97. The number of hydrogen-bond donors (Lipinski definition) is 1. The van der Waals surface area contributed by atoms with E-state index in [9.17, 15) is 4.79 Å². The number of amides is 1. The number of nitriles is 1. The van der Waals surface area contributed by atoms with Crippen molar-refractivity contribution in [3.63, 3.8) is 0 Å². The first-order valence-corrected chi connectivity index (χ1v) is 2.41. The second-order valence-corrected chi connectivity index (χ2v) is 1.49. The van der Waals surface area contributed by atoms with Crippen molar-refractivity contribution in [2.45, 2.75) is 13.3 Å². The number of carbonyl (C=O) groups is 1. The molecule has 0 aliphatic heterocycles. The predicted molar refractivity (Wildman–Crippen MR) is 28.6 cm³/mol. The van der Waals surface area contributed by atoms with Gasteiger partial charge in [0.25, 0.3) is 0 Å². The molecule has 0 radical (unpaired) electrons. The quantitative estimate of drug-likeness (QED) is 0.411. The molecule has 0 aromatic carbocycles. The number of primary amides is 1. The summed E-state index contributed by atoms with van der Waals surface area (Å²) >= 11 is 0. The fourth-order valence-electron chi connectivity index (χ4n) is 0.356. The molecule has 0 aliphatic carbocycles. The van der Waals surface area contributed by atoms with Gasteiger partial charge < -0.3 is 5.73 Å². The van der Waals surface area contributed by atoms with Gasteiger partial charge >= 0.3 is 29.6 Å². The van der Waals surface area contributed by atoms with Gasteiger partial charge in [0.05, 0.1) is 6.07 Å². The van der Waals surface area contributed by atoms with Gasteiger partial charge in [-0.1, -0.05) is 6.92 Å². The van der Waals surface area contributed by atoms with E-state index in [0.29, 0.717) is 6.42 Å². The van der Waals surface area contributed by atoms with Crippen molar-refractivity contribution in [3.8, 4) is 6.07 Å². The van der Waals surface area contributed by atoms with Crippen LogP contribution in [0.3, 0.4) is 0 Å². The van der Waals surface area contributed by atoms with Crippen molar-refractivity contribution < 1.29 is 34.4 Å². The van der Waals surface area contributed by atoms with Crippen LogP contribution in [0.4, 0.5) is 0 Å². The Balaban J connectivity index is 0. The summed E-state index contributed by atoms with van der Waals surface area (Å²) in [4.78, 5) is 10.2. The molecule has 1 amide bonds. The van der Waals surface area contributed by atoms with Crippen molar-refractivity contribution in [1.82, 2.24) is 0 Å². The molecule has 0 heterocycles. The van der Waals surface area contributed by atoms with E-state index < -0.39 is 11.8 Å². The largest absolute Gasteiger partial charge is 1.00 e. The van der Waals surface area contributed by atoms with E-state index >= 15 is 0 Å². The zero-order valence-corrected chi connectivity index (χ0v) is 7.72. The number of carbonyl (C=O) groups excluding carboxylic acids is 1. The fraction of sp³-hybridized carbons (Fsp3) is 0.600. The average molecular weight is 135 g/mol. The molecule has 3 nitrogen and oxygen atoms in total. The number of nitrogens with zero attached hydrogens (tertiary/aromatic N) is 1. The number of rotatable bonds is 2. The maximum Gasteiger partial charge on any atom is 1.00 e. The first kappa shape index (κ1) is 11.7. The van der Waals surface area contributed by atoms with Crippen molar-refractivity contribution in [2.75, 3.05) is 0 Å². The Hall–Kier alpha value is -0.0400. The Kier molecular flexibility index (Phi) is 7.92. The van der Waals surface area contributed by atoms with Gasteiger partial charge in [-0.05, 0) is 6.42 Å². The van der Waals surface area contributed by atoms with Crippen LogP contribution in [0.1, 0.15) is 13.3 Å². The molecule has 0 fully saturated rings. The summed E-state index contributed by atoms with van der Waals surface area (Å²) in [6.07, 6.45) is 0.506. The Morgan fingerprint density at radius 3 is 2.33 bits per heavy atom. The molecule has 0 aromatic rings. The summed E-state index contributed by atoms with van der Waals surface area (Å²) in [6, 6.07) is 1.78. The van der Waals surface area contributed by atoms with Crippen molar-refractivity contribution in [1.29, 1.82) is 5.26 Å². The van der Waals surface area contributed by atoms with Gasteiger partial charge in [-0.25, -0.2) is 0 Å². The molecule has 1 unspecified atom stereocenters. The SMILES string of the molecule is CCC(C#N)C(N)=O.[Na+]. The Morgan fingerprint density at radius 1 is 1.89 bits per heavy atom. The summed E-state index contributed by atoms with van der Waals surface area (Å²) in [7, 11) is 0. The van der Waals surface area contributed by atoms with Gasteiger partial charge in [-0.15, -0.1) is 0 Å². The zero-order chi connectivity index (χ0) is 6.57. The molecule has 0 saturated heterocycles. The minimum Gasteiger partial charge on any atom is -0.369 e. The van der Waals surface area contributed by atoms with Gasteiger partial charge in [0.15, 0.2) is 0 Å². The maximum atomic E-state index is 10.2. The normalized spacial score (nSPS) is 10.7. The smallest absolute Gasteiger partial charge is 0.369 e. The number of nitrogens with two attached hydrogens (primary N) is 1. The standard InChI is InChI=1S/C5H8N2O.Na/c1-2-4(3-6)5(7)8;/h4H,2H2,1H3,(H2,7,8);/q;+1. The fourth-order valence-corrected chi connectivity index (χ4v) is 0.356. The molecular formula is C5H8N2NaO+. The van der Waals surface area contributed by atoms with Crippen LogP contribution in [0.2, 0.25) is 0 Å². The Bertz CT molecular complexity index is 129. The first-order chi connectivity index (χ1) is 3.72. The summed E-state index contributed by atoms with van der Waals surface area (Å²) in [6.45, 7) is 1.75. The molecule has 0 aromatic heterocycles. The second kappa shape index (κ2) is 6.09. The second-order valence-electron chi connectivity index (χ2n) is 1.49. The molecule has 0 spiro atoms. The van der Waals surface area contributed by atoms with E-state index in [1.54, 1.807) is 13.0 Å². The van der Waals surface area contributed by atoms with Gasteiger partial charge in [-0.2, -0.15) is 5.26 Å². The molecule has 44 valence electrons. The van der Waals surface area contributed by atoms with E-state index in [1.807, 2.05) is 0 Å². The van der Waals surface area contributed by atoms with Gasteiger partial charge in [0.2, 0.25) is 5.91 Å². The summed E-state index contributed by atoms with van der Waals surface area (Å²) in [5, 5.41) is 8.15. The molecule has 4 heteroatoms. The summed E-state index contributed by atoms with van der Waals surface area (Å²) < 4.78 is 0. The van der Waals surface area contributed by atoms with Crippen LogP contribution in [-0.4, -0.2) is 5.91 Å². The molecule has 9 heavy (non-hydrogen) atoms. The van der Waals surface area contributed by atoms with Crippen molar-refractivity contribution in [2.24, 2.45) is 11.7 Å². The first-order valence-electron chi connectivity index (χ1n) is 2.41. The third kappa shape index (κ3) is 4.46. The molecular weight excluding hydrogens is 127 g/mol. The van der Waals surface area contributed by atoms with E-state index in [4.69, 9.17) is 11.0 Å². The van der Waals surface area contributed by atoms with Crippen LogP contribution < -0.4 is 35.3 Å². The molecule has 0 bridgehead atoms. The van der Waals surface area contributed by atoms with Crippen LogP contribution in [0.15, 0.2) is 0 Å². The maximum absolute atomic E-state index is 10.2. The topological polar surface area (TPSA) is 66.9 Å². The van der Waals surface area contributed by atoms with E-state index in [0.717, 1.165) is 0 Å². The Morgan fingerprint density at radius 2 is 2.33 bits per heavy atom. The van der Waals surface area contributed by atoms with Crippen LogP contribution in [-0.2, 0) is 4.79 Å². The number of hydrogen-bond acceptors (Lipinski definition) is 2. The third-order valence-electron chi connectivity index (χ3n) is 0.908. The molecule has 2 N–H and O–H groups in total. The minimum atomic E-state index is -0.602. The van der Waals surface area contributed by atoms with E-state index in [2.05, 4.69) is 0 Å². The van der Waals surface area contributed by atoms with Gasteiger partial charge in [0.1, 0.15) is 5.92 Å². The van der Waals surface area contributed by atoms with Gasteiger partial charge in [0, 0.05) is 0 Å². The molecule has 1 atom stereocenters. The van der Waals surface area contributed by atoms with E-state index in [1.165, 1.54) is 0 Å². The molecule has 0 rings (SSSR count). The minimum absolute atomic E-state index is 0. The van der Waals surface area contributed by atoms with Crippen molar-refractivity contribution in [3.05, 3.63) is 0 Å². The van der Waals surface area contributed by atoms with E-state index in [-0.39, 0.29) is 29.6 Å². The van der Waals surface area contributed by atoms with Crippen LogP contribution >= 0.6 is 0 Å².